The molecule has 0 aliphatic carbocycles. The Balaban J connectivity index is 2.01. The Labute approximate surface area is 133 Å². The molecule has 3 rings (SSSR count). The van der Waals surface area contributed by atoms with Crippen LogP contribution in [0.15, 0.2) is 40.1 Å². The summed E-state index contributed by atoms with van der Waals surface area (Å²) >= 11 is 5.81. The molecular formula is C14H9ClN4O4. The van der Waals surface area contributed by atoms with Gasteiger partial charge < -0.3 is 15.1 Å². The normalized spacial score (nSPS) is 11.3. The molecule has 23 heavy (non-hydrogen) atoms. The first-order valence-electron chi connectivity index (χ1n) is 6.37. The summed E-state index contributed by atoms with van der Waals surface area (Å²) in [7, 11) is 0. The average Bonchev–Trinajstić information content (AvgIpc) is 2.86. The fourth-order valence-corrected chi connectivity index (χ4v) is 2.31. The molecule has 9 heteroatoms. The second-order valence-corrected chi connectivity index (χ2v) is 5.12. The lowest BCUT2D eigenvalue weighted by Gasteiger charge is -2.01. The van der Waals surface area contributed by atoms with Crippen molar-refractivity contribution >= 4 is 40.2 Å². The van der Waals surface area contributed by atoms with Crippen LogP contribution in [0.5, 0.6) is 5.75 Å². The predicted octanol–water partition coefficient (Wildman–Crippen LogP) is 2.87. The second kappa shape index (κ2) is 5.58. The summed E-state index contributed by atoms with van der Waals surface area (Å²) in [6, 6.07) is 7.37. The lowest BCUT2D eigenvalue weighted by Crippen LogP contribution is -1.99. The Morgan fingerprint density at radius 2 is 1.96 bits per heavy atom. The van der Waals surface area contributed by atoms with Crippen molar-refractivity contribution in [1.82, 2.24) is 9.97 Å². The molecule has 3 aromatic rings. The lowest BCUT2D eigenvalue weighted by molar-refractivity contribution is -0.385. The van der Waals surface area contributed by atoms with Gasteiger partial charge in [-0.1, -0.05) is 11.6 Å². The zero-order chi connectivity index (χ0) is 16.6. The van der Waals surface area contributed by atoms with Crippen LogP contribution in [0.25, 0.3) is 11.0 Å². The van der Waals surface area contributed by atoms with Gasteiger partial charge in [-0.05, 0) is 24.3 Å². The van der Waals surface area contributed by atoms with Crippen LogP contribution in [0.4, 0.5) is 11.4 Å². The molecule has 0 amide bonds. The van der Waals surface area contributed by atoms with Crippen LogP contribution in [-0.2, 0) is 0 Å². The minimum Gasteiger partial charge on any atom is -0.502 e. The van der Waals surface area contributed by atoms with E-state index in [0.29, 0.717) is 16.7 Å². The fraction of sp³-hybridized carbons (Fsp3) is 0. The summed E-state index contributed by atoms with van der Waals surface area (Å²) in [5, 5.41) is 20.9. The molecule has 2 aromatic carbocycles. The Morgan fingerprint density at radius 3 is 2.70 bits per heavy atom. The highest BCUT2D eigenvalue weighted by Crippen LogP contribution is 2.32. The molecular weight excluding hydrogens is 324 g/mol. The van der Waals surface area contributed by atoms with E-state index in [1.807, 2.05) is 0 Å². The highest BCUT2D eigenvalue weighted by molar-refractivity contribution is 6.31. The molecule has 0 atom stereocenters. The molecule has 1 heterocycles. The van der Waals surface area contributed by atoms with Crippen molar-refractivity contribution in [2.75, 3.05) is 0 Å². The summed E-state index contributed by atoms with van der Waals surface area (Å²) in [4.78, 5) is 30.7. The second-order valence-electron chi connectivity index (χ2n) is 4.69. The highest BCUT2D eigenvalue weighted by Gasteiger charge is 2.17. The van der Waals surface area contributed by atoms with Crippen LogP contribution in [-0.4, -0.2) is 26.2 Å². The monoisotopic (exact) mass is 332 g/mol. The highest BCUT2D eigenvalue weighted by atomic mass is 35.5. The van der Waals surface area contributed by atoms with Gasteiger partial charge in [-0.15, -0.1) is 0 Å². The lowest BCUT2D eigenvalue weighted by atomic mass is 10.2. The molecule has 116 valence electrons. The molecule has 3 N–H and O–H groups in total. The van der Waals surface area contributed by atoms with Crippen LogP contribution in [0.3, 0.4) is 0 Å². The van der Waals surface area contributed by atoms with Crippen LogP contribution in [0.2, 0.25) is 5.02 Å². The smallest absolute Gasteiger partial charge is 0.323 e. The van der Waals surface area contributed by atoms with Gasteiger partial charge in [0.05, 0.1) is 21.6 Å². The maximum Gasteiger partial charge on any atom is 0.323 e. The van der Waals surface area contributed by atoms with Gasteiger partial charge in [0.1, 0.15) is 0 Å². The molecule has 0 aliphatic rings. The molecule has 0 saturated heterocycles. The van der Waals surface area contributed by atoms with Gasteiger partial charge in [0, 0.05) is 22.9 Å². The number of hydrogen-bond donors (Lipinski definition) is 3. The number of aromatic hydroxyl groups is 1. The Bertz CT molecular complexity index is 1010. The largest absolute Gasteiger partial charge is 0.502 e. The quantitative estimate of drug-likeness (QED) is 0.387. The van der Waals surface area contributed by atoms with Gasteiger partial charge in [-0.2, -0.15) is 0 Å². The number of nitro benzene ring substituents is 1. The zero-order valence-electron chi connectivity index (χ0n) is 11.4. The van der Waals surface area contributed by atoms with E-state index >= 15 is 0 Å². The van der Waals surface area contributed by atoms with Crippen LogP contribution >= 0.6 is 11.6 Å². The number of H-pyrrole nitrogens is 2. The number of aromatic amines is 2. The molecule has 0 aliphatic heterocycles. The standard InChI is InChI=1S/C14H9ClN4O4/c15-8-3-7(13(20)12(4-8)19(22)23)6-16-9-1-2-10-11(5-9)18-14(21)17-10/h1-6,20H,(H2,17,18,21). The van der Waals surface area contributed by atoms with Gasteiger partial charge in [0.25, 0.3) is 0 Å². The van der Waals surface area contributed by atoms with Crippen molar-refractivity contribution in [1.29, 1.82) is 0 Å². The Hall–Kier alpha value is -3.13. The number of halogens is 1. The van der Waals surface area contributed by atoms with Crippen molar-refractivity contribution in [3.63, 3.8) is 0 Å². The molecule has 0 fully saturated rings. The van der Waals surface area contributed by atoms with Gasteiger partial charge in [0.2, 0.25) is 5.75 Å². The summed E-state index contributed by atoms with van der Waals surface area (Å²) in [5.41, 5.74) is 0.997. The van der Waals surface area contributed by atoms with Crippen molar-refractivity contribution in [2.45, 2.75) is 0 Å². The van der Waals surface area contributed by atoms with Crippen LogP contribution in [0, 0.1) is 10.1 Å². The first-order valence-corrected chi connectivity index (χ1v) is 6.75. The van der Waals surface area contributed by atoms with E-state index in [4.69, 9.17) is 11.6 Å². The number of rotatable bonds is 3. The number of fused-ring (bicyclic) bond motifs is 1. The first kappa shape index (κ1) is 14.8. The SMILES string of the molecule is O=c1[nH]c2ccc(N=Cc3cc(Cl)cc([N+](=O)[O-])c3O)cc2[nH]1. The van der Waals surface area contributed by atoms with E-state index < -0.39 is 16.4 Å². The van der Waals surface area contributed by atoms with E-state index in [2.05, 4.69) is 15.0 Å². The summed E-state index contributed by atoms with van der Waals surface area (Å²) in [5.74, 6) is -0.515. The molecule has 0 spiro atoms. The zero-order valence-corrected chi connectivity index (χ0v) is 12.2. The van der Waals surface area contributed by atoms with E-state index in [0.717, 1.165) is 6.07 Å². The van der Waals surface area contributed by atoms with Crippen LogP contribution < -0.4 is 5.69 Å². The van der Waals surface area contributed by atoms with Gasteiger partial charge in [0.15, 0.2) is 0 Å². The number of hydrogen-bond acceptors (Lipinski definition) is 5. The van der Waals surface area contributed by atoms with Crippen molar-refractivity contribution in [3.8, 4) is 5.75 Å². The maximum absolute atomic E-state index is 11.2. The molecule has 1 aromatic heterocycles. The van der Waals surface area contributed by atoms with Gasteiger partial charge >= 0.3 is 11.4 Å². The maximum atomic E-state index is 11.2. The number of nitrogens with one attached hydrogen (secondary N) is 2. The third-order valence-electron chi connectivity index (χ3n) is 3.13. The number of aromatic nitrogens is 2. The number of phenols is 1. The first-order chi connectivity index (χ1) is 10.9. The molecule has 0 unspecified atom stereocenters. The van der Waals surface area contributed by atoms with E-state index in [1.165, 1.54) is 12.3 Å². The van der Waals surface area contributed by atoms with E-state index in [9.17, 15) is 20.0 Å². The predicted molar refractivity (Wildman–Crippen MR) is 85.9 cm³/mol. The van der Waals surface area contributed by atoms with Crippen LogP contribution in [0.1, 0.15) is 5.56 Å². The summed E-state index contributed by atoms with van der Waals surface area (Å²) in [6.07, 6.45) is 1.26. The number of nitrogens with zero attached hydrogens (tertiary/aromatic N) is 2. The average molecular weight is 333 g/mol. The van der Waals surface area contributed by atoms with Crippen molar-refractivity contribution in [2.24, 2.45) is 4.99 Å². The molecule has 8 nitrogen and oxygen atoms in total. The van der Waals surface area contributed by atoms with E-state index in [-0.39, 0.29) is 16.3 Å². The molecule has 0 radical (unpaired) electrons. The number of benzene rings is 2. The number of phenolic OH excluding ortho intramolecular Hbond substituents is 1. The fourth-order valence-electron chi connectivity index (χ4n) is 2.09. The molecule has 0 saturated carbocycles. The minimum absolute atomic E-state index is 0.112. The summed E-state index contributed by atoms with van der Waals surface area (Å²) < 4.78 is 0. The third-order valence-corrected chi connectivity index (χ3v) is 3.35. The van der Waals surface area contributed by atoms with E-state index in [1.54, 1.807) is 18.2 Å². The Morgan fingerprint density at radius 1 is 1.22 bits per heavy atom. The molecule has 0 bridgehead atoms. The minimum atomic E-state index is -0.727. The summed E-state index contributed by atoms with van der Waals surface area (Å²) in [6.45, 7) is 0. The number of aliphatic imine (C=N–C) groups is 1. The van der Waals surface area contributed by atoms with Crippen molar-refractivity contribution in [3.05, 3.63) is 61.5 Å². The topological polar surface area (TPSA) is 124 Å². The van der Waals surface area contributed by atoms with Gasteiger partial charge in [-0.25, -0.2) is 4.79 Å². The number of imidazole rings is 1. The van der Waals surface area contributed by atoms with Gasteiger partial charge in [-0.3, -0.25) is 15.1 Å². The van der Waals surface area contributed by atoms with Crippen molar-refractivity contribution < 1.29 is 10.0 Å². The number of nitro groups is 1. The third kappa shape index (κ3) is 2.92. The Kier molecular flexibility index (Phi) is 3.59.